The van der Waals surface area contributed by atoms with Crippen molar-refractivity contribution in [2.75, 3.05) is 13.7 Å². The molecule has 62 valence electrons. The third kappa shape index (κ3) is 0.692. The number of ether oxygens (including phenoxy) is 1. The molecule has 0 aliphatic heterocycles. The molecule has 3 fully saturated rings. The van der Waals surface area contributed by atoms with Gasteiger partial charge >= 0.3 is 5.97 Å². The van der Waals surface area contributed by atoms with E-state index in [9.17, 15) is 4.79 Å². The highest BCUT2D eigenvalue weighted by Gasteiger charge is 2.64. The summed E-state index contributed by atoms with van der Waals surface area (Å²) in [6.07, 6.45) is 1.12. The van der Waals surface area contributed by atoms with E-state index in [0.717, 1.165) is 6.42 Å². The SMILES string of the molecule is COC(=O)C1C2CC1C2CO. The van der Waals surface area contributed by atoms with Gasteiger partial charge in [0.05, 0.1) is 13.0 Å². The van der Waals surface area contributed by atoms with Crippen LogP contribution < -0.4 is 0 Å². The van der Waals surface area contributed by atoms with Crippen LogP contribution in [0.2, 0.25) is 0 Å². The lowest BCUT2D eigenvalue weighted by atomic mass is 9.41. The number of aliphatic hydroxyl groups excluding tert-OH is 1. The molecule has 2 atom stereocenters. The van der Waals surface area contributed by atoms with Crippen molar-refractivity contribution in [3.05, 3.63) is 0 Å². The highest BCUT2D eigenvalue weighted by molar-refractivity contribution is 5.76. The number of hydrogen-bond donors (Lipinski definition) is 1. The first kappa shape index (κ1) is 7.10. The van der Waals surface area contributed by atoms with E-state index in [1.54, 1.807) is 0 Å². The van der Waals surface area contributed by atoms with Gasteiger partial charge < -0.3 is 9.84 Å². The van der Waals surface area contributed by atoms with Crippen LogP contribution in [0.15, 0.2) is 0 Å². The van der Waals surface area contributed by atoms with Crippen LogP contribution >= 0.6 is 0 Å². The van der Waals surface area contributed by atoms with Crippen LogP contribution in [0.5, 0.6) is 0 Å². The topological polar surface area (TPSA) is 46.5 Å². The van der Waals surface area contributed by atoms with E-state index < -0.39 is 0 Å². The predicted octanol–water partition coefficient (Wildman–Crippen LogP) is 0.0338. The Morgan fingerprint density at radius 3 is 2.64 bits per heavy atom. The number of esters is 1. The lowest BCUT2D eigenvalue weighted by Crippen LogP contribution is -2.63. The lowest BCUT2D eigenvalue weighted by Gasteiger charge is -2.62. The summed E-state index contributed by atoms with van der Waals surface area (Å²) in [5, 5.41) is 8.81. The molecule has 0 spiro atoms. The molecule has 3 aliphatic carbocycles. The molecule has 0 amide bonds. The van der Waals surface area contributed by atoms with Crippen LogP contribution in [0.1, 0.15) is 6.42 Å². The van der Waals surface area contributed by atoms with Crippen molar-refractivity contribution in [2.24, 2.45) is 23.7 Å². The van der Waals surface area contributed by atoms with Crippen molar-refractivity contribution in [2.45, 2.75) is 6.42 Å². The highest BCUT2D eigenvalue weighted by atomic mass is 16.5. The summed E-state index contributed by atoms with van der Waals surface area (Å²) >= 11 is 0. The van der Waals surface area contributed by atoms with Crippen LogP contribution in [0.4, 0.5) is 0 Å². The van der Waals surface area contributed by atoms with E-state index in [-0.39, 0.29) is 18.5 Å². The Bertz CT molecular complexity index is 180. The number of carbonyl (C=O) groups excluding carboxylic acids is 1. The molecule has 3 heteroatoms. The standard InChI is InChI=1S/C8H12O3/c1-11-8(10)7-4-2-5(7)6(4)3-9/h4-7,9H,2-3H2,1H3. The number of methoxy groups -OCH3 is 1. The van der Waals surface area contributed by atoms with Gasteiger partial charge in [-0.25, -0.2) is 0 Å². The van der Waals surface area contributed by atoms with Gasteiger partial charge in [0.15, 0.2) is 0 Å². The van der Waals surface area contributed by atoms with E-state index in [1.807, 2.05) is 0 Å². The van der Waals surface area contributed by atoms with E-state index in [4.69, 9.17) is 5.11 Å². The fraction of sp³-hybridized carbons (Fsp3) is 0.875. The minimum Gasteiger partial charge on any atom is -0.469 e. The molecular weight excluding hydrogens is 144 g/mol. The molecule has 0 radical (unpaired) electrons. The monoisotopic (exact) mass is 156 g/mol. The normalized spacial score (nSPS) is 45.6. The fourth-order valence-electron chi connectivity index (χ4n) is 2.34. The average Bonchev–Trinajstić information content (AvgIpc) is 1.83. The molecule has 0 aromatic carbocycles. The maximum Gasteiger partial charge on any atom is 0.309 e. The van der Waals surface area contributed by atoms with Crippen molar-refractivity contribution in [1.82, 2.24) is 0 Å². The number of aliphatic hydroxyl groups is 1. The zero-order chi connectivity index (χ0) is 8.01. The van der Waals surface area contributed by atoms with E-state index >= 15 is 0 Å². The van der Waals surface area contributed by atoms with Crippen LogP contribution in [0.25, 0.3) is 0 Å². The van der Waals surface area contributed by atoms with Gasteiger partial charge in [-0.05, 0) is 24.2 Å². The Hall–Kier alpha value is -0.570. The van der Waals surface area contributed by atoms with Crippen molar-refractivity contribution < 1.29 is 14.6 Å². The second-order valence-corrected chi connectivity index (χ2v) is 3.46. The molecule has 0 aromatic heterocycles. The summed E-state index contributed by atoms with van der Waals surface area (Å²) in [6.45, 7) is 0.239. The number of carbonyl (C=O) groups is 1. The van der Waals surface area contributed by atoms with E-state index in [1.165, 1.54) is 7.11 Å². The van der Waals surface area contributed by atoms with Gasteiger partial charge in [-0.1, -0.05) is 0 Å². The first-order chi connectivity index (χ1) is 5.29. The van der Waals surface area contributed by atoms with Crippen LogP contribution in [0.3, 0.4) is 0 Å². The molecule has 0 saturated heterocycles. The van der Waals surface area contributed by atoms with Crippen molar-refractivity contribution in [3.8, 4) is 0 Å². The lowest BCUT2D eigenvalue weighted by molar-refractivity contribution is -0.206. The van der Waals surface area contributed by atoms with Gasteiger partial charge in [0.25, 0.3) is 0 Å². The Balaban J connectivity index is 1.91. The van der Waals surface area contributed by atoms with Crippen LogP contribution in [0, 0.1) is 23.7 Å². The zero-order valence-electron chi connectivity index (χ0n) is 6.49. The summed E-state index contributed by atoms with van der Waals surface area (Å²) < 4.78 is 4.63. The quantitative estimate of drug-likeness (QED) is 0.574. The second kappa shape index (κ2) is 2.21. The third-order valence-electron chi connectivity index (χ3n) is 3.25. The Morgan fingerprint density at radius 1 is 1.64 bits per heavy atom. The summed E-state index contributed by atoms with van der Waals surface area (Å²) in [7, 11) is 1.42. The maximum atomic E-state index is 11.0. The average molecular weight is 156 g/mol. The Kier molecular flexibility index (Phi) is 1.42. The second-order valence-electron chi connectivity index (χ2n) is 3.46. The van der Waals surface area contributed by atoms with Crippen LogP contribution in [-0.2, 0) is 9.53 Å². The van der Waals surface area contributed by atoms with Gasteiger partial charge in [-0.2, -0.15) is 0 Å². The summed E-state index contributed by atoms with van der Waals surface area (Å²) in [5.41, 5.74) is 0. The summed E-state index contributed by atoms with van der Waals surface area (Å²) in [6, 6.07) is 0. The largest absolute Gasteiger partial charge is 0.469 e. The molecule has 2 unspecified atom stereocenters. The van der Waals surface area contributed by atoms with Gasteiger partial charge in [-0.15, -0.1) is 0 Å². The highest BCUT2D eigenvalue weighted by Crippen LogP contribution is 2.63. The zero-order valence-corrected chi connectivity index (χ0v) is 6.49. The van der Waals surface area contributed by atoms with Crippen LogP contribution in [-0.4, -0.2) is 24.8 Å². The Morgan fingerprint density at radius 2 is 2.27 bits per heavy atom. The van der Waals surface area contributed by atoms with Crippen molar-refractivity contribution in [3.63, 3.8) is 0 Å². The molecular formula is C8H12O3. The molecule has 3 aliphatic rings. The number of rotatable bonds is 2. The van der Waals surface area contributed by atoms with E-state index in [2.05, 4.69) is 4.74 Å². The van der Waals surface area contributed by atoms with Gasteiger partial charge in [0, 0.05) is 6.61 Å². The maximum absolute atomic E-state index is 11.0. The molecule has 0 heterocycles. The fourth-order valence-corrected chi connectivity index (χ4v) is 2.34. The minimum absolute atomic E-state index is 0.0871. The predicted molar refractivity (Wildman–Crippen MR) is 37.7 cm³/mol. The third-order valence-corrected chi connectivity index (χ3v) is 3.25. The van der Waals surface area contributed by atoms with Gasteiger partial charge in [-0.3, -0.25) is 4.79 Å². The first-order valence-corrected chi connectivity index (χ1v) is 3.98. The molecule has 11 heavy (non-hydrogen) atoms. The van der Waals surface area contributed by atoms with Gasteiger partial charge in [0.2, 0.25) is 0 Å². The van der Waals surface area contributed by atoms with E-state index in [0.29, 0.717) is 17.8 Å². The molecule has 3 nitrogen and oxygen atoms in total. The molecule has 3 saturated carbocycles. The van der Waals surface area contributed by atoms with Crippen molar-refractivity contribution in [1.29, 1.82) is 0 Å². The first-order valence-electron chi connectivity index (χ1n) is 3.98. The molecule has 3 rings (SSSR count). The smallest absolute Gasteiger partial charge is 0.309 e. The summed E-state index contributed by atoms with van der Waals surface area (Å²) in [5.74, 6) is 1.29. The molecule has 2 bridgehead atoms. The molecule has 1 N–H and O–H groups in total. The van der Waals surface area contributed by atoms with Crippen molar-refractivity contribution >= 4 is 5.97 Å². The molecule has 0 aromatic rings. The minimum atomic E-state index is -0.0871. The Labute approximate surface area is 65.4 Å². The van der Waals surface area contributed by atoms with Gasteiger partial charge in [0.1, 0.15) is 0 Å². The number of hydrogen-bond acceptors (Lipinski definition) is 3. The summed E-state index contributed by atoms with van der Waals surface area (Å²) in [4.78, 5) is 11.0.